The second-order valence-electron chi connectivity index (χ2n) is 4.57. The van der Waals surface area contributed by atoms with E-state index in [0.717, 1.165) is 25.3 Å². The Hall–Kier alpha value is -1.02. The number of aryl methyl sites for hydroxylation is 2. The lowest BCUT2D eigenvalue weighted by Crippen LogP contribution is -2.18. The van der Waals surface area contributed by atoms with Crippen molar-refractivity contribution >= 4 is 0 Å². The van der Waals surface area contributed by atoms with Crippen LogP contribution in [0.3, 0.4) is 0 Å². The maximum absolute atomic E-state index is 5.81. The van der Waals surface area contributed by atoms with Gasteiger partial charge in [0.1, 0.15) is 5.75 Å². The van der Waals surface area contributed by atoms with Gasteiger partial charge in [0.15, 0.2) is 0 Å². The van der Waals surface area contributed by atoms with Crippen LogP contribution in [0.15, 0.2) is 18.2 Å². The predicted molar refractivity (Wildman–Crippen MR) is 69.1 cm³/mol. The van der Waals surface area contributed by atoms with Crippen LogP contribution in [0.1, 0.15) is 24.5 Å². The molecule has 1 unspecified atom stereocenters. The van der Waals surface area contributed by atoms with Crippen LogP contribution in [-0.2, 0) is 0 Å². The normalized spacial score (nSPS) is 12.5. The number of ether oxygens (including phenoxy) is 1. The molecule has 0 heterocycles. The van der Waals surface area contributed by atoms with Gasteiger partial charge in [-0.2, -0.15) is 0 Å². The van der Waals surface area contributed by atoms with Gasteiger partial charge in [0, 0.05) is 0 Å². The first kappa shape index (κ1) is 13.0. The molecule has 0 fully saturated rings. The fourth-order valence-corrected chi connectivity index (χ4v) is 1.68. The Morgan fingerprint density at radius 1 is 1.31 bits per heavy atom. The van der Waals surface area contributed by atoms with E-state index in [9.17, 15) is 0 Å². The maximum Gasteiger partial charge on any atom is 0.122 e. The highest BCUT2D eigenvalue weighted by molar-refractivity contribution is 5.35. The second-order valence-corrected chi connectivity index (χ2v) is 4.57. The van der Waals surface area contributed by atoms with E-state index in [1.807, 2.05) is 7.05 Å². The smallest absolute Gasteiger partial charge is 0.122 e. The van der Waals surface area contributed by atoms with Crippen LogP contribution in [0.2, 0.25) is 0 Å². The Balaban J connectivity index is 2.39. The van der Waals surface area contributed by atoms with Crippen molar-refractivity contribution < 1.29 is 4.74 Å². The van der Waals surface area contributed by atoms with E-state index in [0.29, 0.717) is 5.92 Å². The molecule has 0 saturated heterocycles. The Morgan fingerprint density at radius 2 is 2.06 bits per heavy atom. The zero-order valence-corrected chi connectivity index (χ0v) is 10.8. The molecule has 1 rings (SSSR count). The van der Waals surface area contributed by atoms with Crippen LogP contribution in [-0.4, -0.2) is 20.2 Å². The van der Waals surface area contributed by atoms with E-state index in [-0.39, 0.29) is 0 Å². The minimum atomic E-state index is 0.662. The third kappa shape index (κ3) is 4.23. The van der Waals surface area contributed by atoms with Crippen LogP contribution in [0.5, 0.6) is 5.75 Å². The second kappa shape index (κ2) is 6.54. The average molecular weight is 221 g/mol. The summed E-state index contributed by atoms with van der Waals surface area (Å²) in [6.07, 6.45) is 1.09. The van der Waals surface area contributed by atoms with Gasteiger partial charge in [-0.3, -0.25) is 0 Å². The minimum Gasteiger partial charge on any atom is -0.493 e. The fraction of sp³-hybridized carbons (Fsp3) is 0.571. The van der Waals surface area contributed by atoms with E-state index in [2.05, 4.69) is 44.3 Å². The largest absolute Gasteiger partial charge is 0.493 e. The zero-order valence-electron chi connectivity index (χ0n) is 10.8. The van der Waals surface area contributed by atoms with E-state index < -0.39 is 0 Å². The van der Waals surface area contributed by atoms with Crippen LogP contribution in [0, 0.1) is 19.8 Å². The topological polar surface area (TPSA) is 21.3 Å². The zero-order chi connectivity index (χ0) is 12.0. The third-order valence-electron chi connectivity index (χ3n) is 2.76. The van der Waals surface area contributed by atoms with Crippen molar-refractivity contribution in [1.29, 1.82) is 0 Å². The molecule has 2 heteroatoms. The number of nitrogens with one attached hydrogen (secondary N) is 1. The van der Waals surface area contributed by atoms with Crippen molar-refractivity contribution in [3.8, 4) is 5.75 Å². The van der Waals surface area contributed by atoms with Gasteiger partial charge in [0.25, 0.3) is 0 Å². The summed E-state index contributed by atoms with van der Waals surface area (Å²) in [6, 6.07) is 6.34. The number of benzene rings is 1. The maximum atomic E-state index is 5.81. The highest BCUT2D eigenvalue weighted by atomic mass is 16.5. The quantitative estimate of drug-likeness (QED) is 0.797. The van der Waals surface area contributed by atoms with Gasteiger partial charge in [-0.05, 0) is 57.0 Å². The molecule has 0 radical (unpaired) electrons. The van der Waals surface area contributed by atoms with Gasteiger partial charge in [0.05, 0.1) is 6.61 Å². The highest BCUT2D eigenvalue weighted by Gasteiger charge is 2.03. The molecule has 0 aliphatic heterocycles. The van der Waals surface area contributed by atoms with Crippen molar-refractivity contribution in [3.05, 3.63) is 29.3 Å². The number of hydrogen-bond donors (Lipinski definition) is 1. The molecule has 0 spiro atoms. The lowest BCUT2D eigenvalue weighted by Gasteiger charge is -2.13. The molecule has 1 aromatic carbocycles. The first-order chi connectivity index (χ1) is 7.63. The molecule has 16 heavy (non-hydrogen) atoms. The molecule has 0 bridgehead atoms. The summed E-state index contributed by atoms with van der Waals surface area (Å²) in [4.78, 5) is 0. The lowest BCUT2D eigenvalue weighted by molar-refractivity contribution is 0.280. The Bertz CT molecular complexity index is 323. The summed E-state index contributed by atoms with van der Waals surface area (Å²) < 4.78 is 5.81. The molecular formula is C14H23NO. The van der Waals surface area contributed by atoms with Gasteiger partial charge >= 0.3 is 0 Å². The summed E-state index contributed by atoms with van der Waals surface area (Å²) in [5.74, 6) is 1.69. The molecule has 0 aliphatic rings. The highest BCUT2D eigenvalue weighted by Crippen LogP contribution is 2.19. The standard InChI is InChI=1S/C14H23NO/c1-11-5-6-13(3)14(9-11)16-8-7-12(2)10-15-4/h5-6,9,12,15H,7-8,10H2,1-4H3. The molecule has 2 nitrogen and oxygen atoms in total. The Kier molecular flexibility index (Phi) is 5.33. The summed E-state index contributed by atoms with van der Waals surface area (Å²) in [5, 5.41) is 3.18. The average Bonchev–Trinajstić information content (AvgIpc) is 2.23. The minimum absolute atomic E-state index is 0.662. The summed E-state index contributed by atoms with van der Waals surface area (Å²) >= 11 is 0. The van der Waals surface area contributed by atoms with Gasteiger partial charge in [-0.25, -0.2) is 0 Å². The Labute approximate surface area is 99.0 Å². The van der Waals surface area contributed by atoms with E-state index in [4.69, 9.17) is 4.74 Å². The van der Waals surface area contributed by atoms with Crippen LogP contribution in [0.4, 0.5) is 0 Å². The lowest BCUT2D eigenvalue weighted by atomic mass is 10.1. The van der Waals surface area contributed by atoms with E-state index >= 15 is 0 Å². The summed E-state index contributed by atoms with van der Waals surface area (Å²) in [6.45, 7) is 8.27. The van der Waals surface area contributed by atoms with Gasteiger partial charge in [0.2, 0.25) is 0 Å². The van der Waals surface area contributed by atoms with Crippen LogP contribution in [0.25, 0.3) is 0 Å². The van der Waals surface area contributed by atoms with E-state index in [1.54, 1.807) is 0 Å². The molecule has 0 saturated carbocycles. The van der Waals surface area contributed by atoms with Crippen LogP contribution < -0.4 is 10.1 Å². The molecule has 0 aromatic heterocycles. The van der Waals surface area contributed by atoms with Crippen molar-refractivity contribution in [2.24, 2.45) is 5.92 Å². The van der Waals surface area contributed by atoms with Crippen LogP contribution >= 0.6 is 0 Å². The van der Waals surface area contributed by atoms with Gasteiger partial charge in [-0.15, -0.1) is 0 Å². The number of rotatable bonds is 6. The van der Waals surface area contributed by atoms with Gasteiger partial charge < -0.3 is 10.1 Å². The summed E-state index contributed by atoms with van der Waals surface area (Å²) in [7, 11) is 1.99. The van der Waals surface area contributed by atoms with E-state index in [1.165, 1.54) is 11.1 Å². The van der Waals surface area contributed by atoms with Crippen molar-refractivity contribution in [2.75, 3.05) is 20.2 Å². The fourth-order valence-electron chi connectivity index (χ4n) is 1.68. The van der Waals surface area contributed by atoms with Crippen molar-refractivity contribution in [2.45, 2.75) is 27.2 Å². The molecule has 1 aromatic rings. The SMILES string of the molecule is CNCC(C)CCOc1cc(C)ccc1C. The summed E-state index contributed by atoms with van der Waals surface area (Å²) in [5.41, 5.74) is 2.47. The van der Waals surface area contributed by atoms with Gasteiger partial charge in [-0.1, -0.05) is 19.1 Å². The molecule has 0 amide bonds. The monoisotopic (exact) mass is 221 g/mol. The van der Waals surface area contributed by atoms with Crippen molar-refractivity contribution in [1.82, 2.24) is 5.32 Å². The number of hydrogen-bond acceptors (Lipinski definition) is 2. The first-order valence-corrected chi connectivity index (χ1v) is 5.98. The molecule has 1 atom stereocenters. The molecular weight excluding hydrogens is 198 g/mol. The molecule has 1 N–H and O–H groups in total. The Morgan fingerprint density at radius 3 is 2.75 bits per heavy atom. The molecule has 90 valence electrons. The third-order valence-corrected chi connectivity index (χ3v) is 2.76. The molecule has 0 aliphatic carbocycles. The van der Waals surface area contributed by atoms with Crippen molar-refractivity contribution in [3.63, 3.8) is 0 Å². The first-order valence-electron chi connectivity index (χ1n) is 5.98. The predicted octanol–water partition coefficient (Wildman–Crippen LogP) is 2.93.